The van der Waals surface area contributed by atoms with Crippen molar-refractivity contribution in [3.63, 3.8) is 0 Å². The van der Waals surface area contributed by atoms with Crippen LogP contribution in [0.3, 0.4) is 0 Å². The molecule has 2 nitrogen and oxygen atoms in total. The zero-order chi connectivity index (χ0) is 29.1. The first kappa shape index (κ1) is 32.9. The van der Waals surface area contributed by atoms with E-state index in [1.54, 1.807) is 0 Å². The molecule has 0 amide bonds. The maximum atomic E-state index is 13.5. The molecule has 21 heteroatoms. The van der Waals surface area contributed by atoms with Crippen LogP contribution in [-0.4, -0.2) is 65.6 Å². The summed E-state index contributed by atoms with van der Waals surface area (Å²) in [6, 6.07) is 0. The molecule has 0 N–H and O–H groups in total. The number of esters is 1. The van der Waals surface area contributed by atoms with Gasteiger partial charge < -0.3 is 4.74 Å². The van der Waals surface area contributed by atoms with Crippen molar-refractivity contribution in [2.24, 2.45) is 0 Å². The summed E-state index contributed by atoms with van der Waals surface area (Å²) in [5.41, 5.74) is 0. The lowest BCUT2D eigenvalue weighted by Crippen LogP contribution is -2.76. The number of carbonyl (C=O) groups is 1. The summed E-state index contributed by atoms with van der Waals surface area (Å²) >= 11 is 0. The van der Waals surface area contributed by atoms with E-state index < -0.39 is 78.6 Å². The van der Waals surface area contributed by atoms with E-state index in [0.29, 0.717) is 0 Å². The predicted octanol–water partition coefficient (Wildman–Crippen LogP) is 6.75. The van der Waals surface area contributed by atoms with Crippen molar-refractivity contribution in [3.8, 4) is 0 Å². The fourth-order valence-corrected chi connectivity index (χ4v) is 1.86. The number of alkyl halides is 19. The van der Waals surface area contributed by atoms with E-state index in [2.05, 4.69) is 11.3 Å². The van der Waals surface area contributed by atoms with Gasteiger partial charge in [-0.1, -0.05) is 6.58 Å². The van der Waals surface area contributed by atoms with Crippen molar-refractivity contribution >= 4 is 5.97 Å². The second-order valence-electron chi connectivity index (χ2n) is 6.40. The highest BCUT2D eigenvalue weighted by molar-refractivity contribution is 5.81. The molecule has 0 aromatic carbocycles. The molecule has 0 radical (unpaired) electrons. The minimum absolute atomic E-state index is 0.530. The zero-order valence-electron chi connectivity index (χ0n) is 15.9. The van der Waals surface area contributed by atoms with E-state index in [1.165, 1.54) is 0 Å². The quantitative estimate of drug-likeness (QED) is 0.157. The third kappa shape index (κ3) is 4.14. The highest BCUT2D eigenvalue weighted by Gasteiger charge is 2.97. The summed E-state index contributed by atoms with van der Waals surface area (Å²) in [6.07, 6.45) is -12.5. The Labute approximate surface area is 179 Å². The molecule has 0 rings (SSSR count). The van der Waals surface area contributed by atoms with Gasteiger partial charge in [-0.05, 0) is 6.92 Å². The molecule has 0 aliphatic heterocycles. The number of hydrogen-bond acceptors (Lipinski definition) is 2. The molecule has 0 aromatic rings. The molecule has 0 fully saturated rings. The van der Waals surface area contributed by atoms with Gasteiger partial charge in [-0.25, -0.2) is 9.18 Å². The van der Waals surface area contributed by atoms with Crippen LogP contribution in [0.5, 0.6) is 0 Å². The molecule has 0 heterocycles. The van der Waals surface area contributed by atoms with Gasteiger partial charge in [0.2, 0.25) is 0 Å². The van der Waals surface area contributed by atoms with Gasteiger partial charge >= 0.3 is 59.5 Å². The van der Waals surface area contributed by atoms with Crippen LogP contribution in [0.15, 0.2) is 12.7 Å². The van der Waals surface area contributed by atoms with Crippen molar-refractivity contribution in [1.29, 1.82) is 0 Å². The minimum Gasteiger partial charge on any atom is -0.393 e. The zero-order valence-corrected chi connectivity index (χ0v) is 15.9. The summed E-state index contributed by atoms with van der Waals surface area (Å²) in [5, 5.41) is 0. The van der Waals surface area contributed by atoms with Gasteiger partial charge in [0.25, 0.3) is 0 Å². The van der Waals surface area contributed by atoms with Crippen LogP contribution in [0.25, 0.3) is 0 Å². The van der Waals surface area contributed by atoms with E-state index in [1.807, 2.05) is 0 Å². The average molecular weight is 568 g/mol. The molecule has 1 atom stereocenters. The molecular formula is C14H7F19O2. The van der Waals surface area contributed by atoms with Crippen molar-refractivity contribution in [2.45, 2.75) is 66.6 Å². The third-order valence-corrected chi connectivity index (χ3v) is 4.05. The number of ether oxygens (including phenoxy) is 1. The lowest BCUT2D eigenvalue weighted by molar-refractivity contribution is -0.474. The Kier molecular flexibility index (Phi) is 7.96. The topological polar surface area (TPSA) is 26.3 Å². The third-order valence-electron chi connectivity index (χ3n) is 4.05. The van der Waals surface area contributed by atoms with Crippen LogP contribution in [0.2, 0.25) is 0 Å². The van der Waals surface area contributed by atoms with Gasteiger partial charge in [-0.15, -0.1) is 0 Å². The van der Waals surface area contributed by atoms with Crippen molar-refractivity contribution in [1.82, 2.24) is 0 Å². The van der Waals surface area contributed by atoms with E-state index in [0.717, 1.165) is 0 Å². The lowest BCUT2D eigenvalue weighted by atomic mass is 9.86. The van der Waals surface area contributed by atoms with Crippen LogP contribution in [0, 0.1) is 0 Å². The van der Waals surface area contributed by atoms with E-state index >= 15 is 0 Å². The Morgan fingerprint density at radius 2 is 0.857 bits per heavy atom. The molecule has 0 aliphatic rings. The SMILES string of the molecule is C=CC(=O)OC(F)(F)C(F)(F)C(F)(F)C(F)(F)C(F)(F)C(F)(F)C(F)(F)C(F)(F)C(F)(F)C(C)F. The molecular weight excluding hydrogens is 561 g/mol. The monoisotopic (exact) mass is 568 g/mol. The summed E-state index contributed by atoms with van der Waals surface area (Å²) < 4.78 is 255. The maximum Gasteiger partial charge on any atom is 0.473 e. The molecule has 0 bridgehead atoms. The van der Waals surface area contributed by atoms with Crippen LogP contribution < -0.4 is 0 Å². The summed E-state index contributed by atoms with van der Waals surface area (Å²) in [5.74, 6) is -70.4. The molecule has 35 heavy (non-hydrogen) atoms. The number of carbonyl (C=O) groups excluding carboxylic acids is 1. The molecule has 1 unspecified atom stereocenters. The first-order chi connectivity index (χ1) is 14.9. The van der Waals surface area contributed by atoms with Crippen molar-refractivity contribution < 1.29 is 92.9 Å². The van der Waals surface area contributed by atoms with Gasteiger partial charge in [0, 0.05) is 6.08 Å². The maximum absolute atomic E-state index is 13.5. The smallest absolute Gasteiger partial charge is 0.393 e. The molecule has 0 aliphatic carbocycles. The summed E-state index contributed by atoms with van der Waals surface area (Å²) in [6.45, 7) is 1.49. The number of halogens is 19. The van der Waals surface area contributed by atoms with E-state index in [9.17, 15) is 88.2 Å². The first-order valence-electron chi connectivity index (χ1n) is 7.80. The average Bonchev–Trinajstić information content (AvgIpc) is 2.65. The van der Waals surface area contributed by atoms with Crippen LogP contribution in [0.4, 0.5) is 83.4 Å². The van der Waals surface area contributed by atoms with Crippen LogP contribution in [-0.2, 0) is 9.53 Å². The highest BCUT2D eigenvalue weighted by Crippen LogP contribution is 2.65. The highest BCUT2D eigenvalue weighted by atomic mass is 19.4. The van der Waals surface area contributed by atoms with Crippen molar-refractivity contribution in [2.75, 3.05) is 0 Å². The molecule has 208 valence electrons. The number of hydrogen-bond donors (Lipinski definition) is 0. The molecule has 0 aromatic heterocycles. The summed E-state index contributed by atoms with van der Waals surface area (Å²) in [7, 11) is 0. The standard InChI is InChI=1S/C14H7F19O2/c1-3-5(34)35-14(32,33)13(30,31)12(28,29)11(26,27)10(24,25)9(22,23)8(20,21)7(18,19)6(16,17)4(2)15/h3-4H,1H2,2H3. The van der Waals surface area contributed by atoms with E-state index in [4.69, 9.17) is 0 Å². The Bertz CT molecular complexity index is 812. The fourth-order valence-electron chi connectivity index (χ4n) is 1.86. The van der Waals surface area contributed by atoms with Crippen LogP contribution >= 0.6 is 0 Å². The Morgan fingerprint density at radius 1 is 0.600 bits per heavy atom. The Morgan fingerprint density at radius 3 is 1.11 bits per heavy atom. The van der Waals surface area contributed by atoms with Crippen molar-refractivity contribution in [3.05, 3.63) is 12.7 Å². The van der Waals surface area contributed by atoms with Gasteiger partial charge in [-0.2, -0.15) is 79.0 Å². The Hall–Kier alpha value is -2.12. The fraction of sp³-hybridized carbons (Fsp3) is 0.786. The first-order valence-corrected chi connectivity index (χ1v) is 7.80. The normalized spacial score (nSPS) is 16.7. The van der Waals surface area contributed by atoms with Crippen LogP contribution in [0.1, 0.15) is 6.92 Å². The predicted molar refractivity (Wildman–Crippen MR) is 71.4 cm³/mol. The second-order valence-corrected chi connectivity index (χ2v) is 6.40. The van der Waals surface area contributed by atoms with E-state index in [-0.39, 0.29) is 0 Å². The molecule has 0 saturated carbocycles. The van der Waals surface area contributed by atoms with Gasteiger partial charge in [0.1, 0.15) is 0 Å². The van der Waals surface area contributed by atoms with Gasteiger partial charge in [-0.3, -0.25) is 0 Å². The number of rotatable bonds is 11. The van der Waals surface area contributed by atoms with Gasteiger partial charge in [0.15, 0.2) is 6.17 Å². The lowest BCUT2D eigenvalue weighted by Gasteiger charge is -2.44. The molecule has 0 saturated heterocycles. The largest absolute Gasteiger partial charge is 0.473 e. The minimum atomic E-state index is -8.99. The summed E-state index contributed by atoms with van der Waals surface area (Å²) in [4.78, 5) is 10.5. The second kappa shape index (κ2) is 8.48. The molecule has 0 spiro atoms. The van der Waals surface area contributed by atoms with Gasteiger partial charge in [0.05, 0.1) is 0 Å². The Balaban J connectivity index is 6.98.